The molecule has 4 bridgehead atoms. The topological polar surface area (TPSA) is 86.7 Å². The van der Waals surface area contributed by atoms with E-state index < -0.39 is 0 Å². The van der Waals surface area contributed by atoms with E-state index in [9.17, 15) is 19.2 Å². The lowest BCUT2D eigenvalue weighted by Gasteiger charge is -2.72. The lowest BCUT2D eigenvalue weighted by molar-refractivity contribution is -0.152. The van der Waals surface area contributed by atoms with Crippen LogP contribution in [0, 0.1) is 24.7 Å². The van der Waals surface area contributed by atoms with Gasteiger partial charge in [-0.2, -0.15) is 0 Å². The fourth-order valence-corrected chi connectivity index (χ4v) is 8.82. The fourth-order valence-electron chi connectivity index (χ4n) is 8.34. The van der Waals surface area contributed by atoms with Crippen LogP contribution in [0.5, 0.6) is 0 Å². The number of aldehydes is 2. The van der Waals surface area contributed by atoms with Crippen LogP contribution in [-0.4, -0.2) is 42.6 Å². The average molecular weight is 624 g/mol. The second-order valence-electron chi connectivity index (χ2n) is 12.9. The summed E-state index contributed by atoms with van der Waals surface area (Å²) in [6.07, 6.45) is 9.09. The zero-order valence-corrected chi connectivity index (χ0v) is 26.0. The molecule has 6 fully saturated rings. The largest absolute Gasteiger partial charge is 0.462 e. The maximum absolute atomic E-state index is 11.9. The quantitative estimate of drug-likeness (QED) is 0.166. The average Bonchev–Trinajstić information content (AvgIpc) is 2.86. The second kappa shape index (κ2) is 10.8. The first-order valence-electron chi connectivity index (χ1n) is 14.6. The Kier molecular flexibility index (Phi) is 7.82. The third kappa shape index (κ3) is 4.88. The molecular weight excluding hydrogens is 584 g/mol. The Morgan fingerprint density at radius 2 is 1.24 bits per heavy atom. The summed E-state index contributed by atoms with van der Waals surface area (Å²) in [5.41, 5.74) is 7.05. The van der Waals surface area contributed by atoms with Crippen molar-refractivity contribution in [2.75, 3.05) is 13.2 Å². The molecular formula is C34H39BrO6. The van der Waals surface area contributed by atoms with E-state index >= 15 is 0 Å². The molecule has 0 radical (unpaired) electrons. The van der Waals surface area contributed by atoms with Crippen molar-refractivity contribution in [2.24, 2.45) is 10.8 Å². The van der Waals surface area contributed by atoms with Crippen LogP contribution in [0.4, 0.5) is 0 Å². The highest BCUT2D eigenvalue weighted by Gasteiger charge is 2.71. The van der Waals surface area contributed by atoms with Crippen LogP contribution in [0.25, 0.3) is 0 Å². The van der Waals surface area contributed by atoms with Gasteiger partial charge in [-0.1, -0.05) is 28.1 Å². The van der Waals surface area contributed by atoms with E-state index in [1.165, 1.54) is 22.3 Å². The van der Waals surface area contributed by atoms with Crippen LogP contribution in [-0.2, 0) is 29.9 Å². The summed E-state index contributed by atoms with van der Waals surface area (Å²) in [4.78, 5) is 45.4. The van der Waals surface area contributed by atoms with Gasteiger partial charge in [-0.15, -0.1) is 0 Å². The second-order valence-corrected chi connectivity index (χ2v) is 13.9. The van der Waals surface area contributed by atoms with E-state index in [1.807, 2.05) is 50.2 Å². The number of esters is 2. The Balaban J connectivity index is 0.000000165. The van der Waals surface area contributed by atoms with Crippen molar-refractivity contribution in [3.05, 3.63) is 69.8 Å². The molecule has 6 saturated carbocycles. The van der Waals surface area contributed by atoms with Crippen LogP contribution in [0.2, 0.25) is 0 Å². The lowest BCUT2D eigenvalue weighted by atomic mass is 9.32. The smallest absolute Gasteiger partial charge is 0.338 e. The molecule has 8 rings (SSSR count). The minimum absolute atomic E-state index is 0.0413. The lowest BCUT2D eigenvalue weighted by Crippen LogP contribution is -2.68. The van der Waals surface area contributed by atoms with Gasteiger partial charge in [0.25, 0.3) is 0 Å². The number of carbonyl (C=O) groups excluding carboxylic acids is 4. The highest BCUT2D eigenvalue weighted by atomic mass is 79.9. The highest BCUT2D eigenvalue weighted by Crippen LogP contribution is 2.76. The monoisotopic (exact) mass is 622 g/mol. The van der Waals surface area contributed by atoms with Gasteiger partial charge in [0.1, 0.15) is 12.6 Å². The summed E-state index contributed by atoms with van der Waals surface area (Å²) in [5, 5.41) is 0. The molecule has 2 aromatic rings. The maximum atomic E-state index is 11.9. The van der Waals surface area contributed by atoms with E-state index in [0.29, 0.717) is 30.8 Å². The van der Waals surface area contributed by atoms with Crippen molar-refractivity contribution in [2.45, 2.75) is 88.3 Å². The standard InChI is InChI=1S/C17H19BrO3.C17H20O3/c1-3-21-15(20)12-5-4-11(2)13(6-12)16-8-17(9-16,10-16)14(18)7-19;1-3-20-15(19)13-5-4-12(2)14(8-13)17-9-16(10-17,11-17)6-7-18/h4-7,14H,3,8-10H2,1-2H3;4-5,7-8H,3,6,9-11H2,1-2H3. The van der Waals surface area contributed by atoms with Crippen LogP contribution in [0.3, 0.4) is 0 Å². The minimum Gasteiger partial charge on any atom is -0.462 e. The normalized spacial score (nSPS) is 30.5. The molecule has 0 amide bonds. The van der Waals surface area contributed by atoms with Gasteiger partial charge in [0, 0.05) is 6.42 Å². The maximum Gasteiger partial charge on any atom is 0.338 e. The van der Waals surface area contributed by atoms with Crippen molar-refractivity contribution in [3.8, 4) is 0 Å². The Labute approximate surface area is 250 Å². The van der Waals surface area contributed by atoms with Crippen molar-refractivity contribution in [1.29, 1.82) is 0 Å². The van der Waals surface area contributed by atoms with E-state index in [0.717, 1.165) is 51.1 Å². The van der Waals surface area contributed by atoms with Crippen LogP contribution in [0.1, 0.15) is 102 Å². The Morgan fingerprint density at radius 3 is 1.63 bits per heavy atom. The zero-order valence-electron chi connectivity index (χ0n) is 24.4. The number of rotatable bonds is 10. The molecule has 0 spiro atoms. The van der Waals surface area contributed by atoms with Gasteiger partial charge >= 0.3 is 11.9 Å². The molecule has 0 heterocycles. The van der Waals surface area contributed by atoms with Gasteiger partial charge in [-0.05, 0) is 134 Å². The number of ether oxygens (including phenoxy) is 2. The van der Waals surface area contributed by atoms with E-state index in [-0.39, 0.29) is 38.4 Å². The summed E-state index contributed by atoms with van der Waals surface area (Å²) >= 11 is 3.48. The predicted octanol–water partition coefficient (Wildman–Crippen LogP) is 6.74. The third-order valence-electron chi connectivity index (χ3n) is 10.1. The molecule has 0 aliphatic heterocycles. The summed E-state index contributed by atoms with van der Waals surface area (Å²) < 4.78 is 10.2. The van der Waals surface area contributed by atoms with Crippen molar-refractivity contribution >= 4 is 40.4 Å². The van der Waals surface area contributed by atoms with Gasteiger partial charge in [-0.3, -0.25) is 0 Å². The van der Waals surface area contributed by atoms with Gasteiger partial charge in [0.05, 0.1) is 29.2 Å². The number of halogens is 1. The van der Waals surface area contributed by atoms with Gasteiger partial charge < -0.3 is 19.1 Å². The first-order chi connectivity index (χ1) is 19.5. The number of alkyl halides is 1. The molecule has 6 nitrogen and oxygen atoms in total. The molecule has 6 aliphatic rings. The Bertz CT molecular complexity index is 1350. The molecule has 7 heteroatoms. The van der Waals surface area contributed by atoms with E-state index in [2.05, 4.69) is 29.8 Å². The SMILES string of the molecule is CCOC(=O)c1ccc(C)c(C23CC(C(Br)C=O)(C2)C3)c1.CCOC(=O)c1ccc(C)c(C23CC(CC=O)(C2)C3)c1. The first-order valence-corrected chi connectivity index (χ1v) is 15.5. The molecule has 0 saturated heterocycles. The third-order valence-corrected chi connectivity index (χ3v) is 11.3. The van der Waals surface area contributed by atoms with Crippen molar-refractivity contribution in [1.82, 2.24) is 0 Å². The summed E-state index contributed by atoms with van der Waals surface area (Å²) in [6.45, 7) is 8.60. The summed E-state index contributed by atoms with van der Waals surface area (Å²) in [7, 11) is 0. The number of carbonyl (C=O) groups is 4. The van der Waals surface area contributed by atoms with Crippen molar-refractivity contribution < 1.29 is 28.7 Å². The van der Waals surface area contributed by atoms with E-state index in [4.69, 9.17) is 9.47 Å². The number of aryl methyl sites for hydroxylation is 2. The number of benzene rings is 2. The minimum atomic E-state index is -0.258. The molecule has 0 aromatic heterocycles. The predicted molar refractivity (Wildman–Crippen MR) is 160 cm³/mol. The first kappa shape index (κ1) is 29.7. The van der Waals surface area contributed by atoms with Crippen LogP contribution in [0.15, 0.2) is 36.4 Å². The molecule has 6 aliphatic carbocycles. The van der Waals surface area contributed by atoms with Crippen LogP contribution < -0.4 is 0 Å². The summed E-state index contributed by atoms with van der Waals surface area (Å²) in [5.74, 6) is -0.505. The van der Waals surface area contributed by atoms with Crippen molar-refractivity contribution in [3.63, 3.8) is 0 Å². The zero-order chi connectivity index (χ0) is 29.6. The van der Waals surface area contributed by atoms with Gasteiger partial charge in [-0.25, -0.2) is 9.59 Å². The molecule has 0 N–H and O–H groups in total. The Morgan fingerprint density at radius 1 is 0.805 bits per heavy atom. The van der Waals surface area contributed by atoms with Gasteiger partial charge in [0.15, 0.2) is 0 Å². The van der Waals surface area contributed by atoms with Crippen LogP contribution >= 0.6 is 15.9 Å². The highest BCUT2D eigenvalue weighted by molar-refractivity contribution is 9.10. The molecule has 1 atom stereocenters. The molecule has 41 heavy (non-hydrogen) atoms. The van der Waals surface area contributed by atoms with E-state index in [1.54, 1.807) is 0 Å². The fraction of sp³-hybridized carbons (Fsp3) is 0.529. The summed E-state index contributed by atoms with van der Waals surface area (Å²) in [6, 6.07) is 11.7. The van der Waals surface area contributed by atoms with Gasteiger partial charge in [0.2, 0.25) is 0 Å². The Hall–Kier alpha value is -2.80. The number of hydrogen-bond acceptors (Lipinski definition) is 6. The molecule has 1 unspecified atom stereocenters. The molecule has 218 valence electrons. The number of hydrogen-bond donors (Lipinski definition) is 0. The molecule has 2 aromatic carbocycles.